The second-order valence-electron chi connectivity index (χ2n) is 6.59. The van der Waals surface area contributed by atoms with Crippen LogP contribution in [0.4, 0.5) is 17.1 Å². The van der Waals surface area contributed by atoms with E-state index in [-0.39, 0.29) is 18.9 Å². The quantitative estimate of drug-likeness (QED) is 0.737. The molecule has 0 spiro atoms. The van der Waals surface area contributed by atoms with Crippen LogP contribution in [-0.2, 0) is 25.5 Å². The van der Waals surface area contributed by atoms with Gasteiger partial charge in [-0.2, -0.15) is 0 Å². The SMILES string of the molecule is CCc1ccc(NC(=O)CN2C(=O)C=C(CC(=O)OC)Nc3ccccc32)cc1. The van der Waals surface area contributed by atoms with Crippen molar-refractivity contribution >= 4 is 34.8 Å². The first-order valence-corrected chi connectivity index (χ1v) is 9.34. The van der Waals surface area contributed by atoms with E-state index in [0.717, 1.165) is 6.42 Å². The summed E-state index contributed by atoms with van der Waals surface area (Å²) in [6.45, 7) is 1.90. The molecular formula is C22H23N3O4. The molecule has 0 bridgehead atoms. The van der Waals surface area contributed by atoms with E-state index in [0.29, 0.717) is 22.8 Å². The highest BCUT2D eigenvalue weighted by Gasteiger charge is 2.25. The Morgan fingerprint density at radius 2 is 1.83 bits per heavy atom. The second-order valence-corrected chi connectivity index (χ2v) is 6.59. The summed E-state index contributed by atoms with van der Waals surface area (Å²) in [5.41, 5.74) is 3.45. The molecule has 0 radical (unpaired) electrons. The fraction of sp³-hybridized carbons (Fsp3) is 0.227. The third-order valence-electron chi connectivity index (χ3n) is 4.56. The summed E-state index contributed by atoms with van der Waals surface area (Å²) >= 11 is 0. The third-order valence-corrected chi connectivity index (χ3v) is 4.56. The van der Waals surface area contributed by atoms with Crippen LogP contribution in [0.2, 0.25) is 0 Å². The zero-order chi connectivity index (χ0) is 20.8. The molecule has 1 aliphatic heterocycles. The molecule has 1 aliphatic rings. The lowest BCUT2D eigenvalue weighted by Crippen LogP contribution is -2.37. The Morgan fingerprint density at radius 3 is 2.52 bits per heavy atom. The fourth-order valence-corrected chi connectivity index (χ4v) is 3.02. The highest BCUT2D eigenvalue weighted by atomic mass is 16.5. The summed E-state index contributed by atoms with van der Waals surface area (Å²) in [5.74, 6) is -1.17. The van der Waals surface area contributed by atoms with Crippen LogP contribution in [0.1, 0.15) is 18.9 Å². The van der Waals surface area contributed by atoms with Gasteiger partial charge >= 0.3 is 5.97 Å². The zero-order valence-corrected chi connectivity index (χ0v) is 16.4. The maximum atomic E-state index is 12.8. The molecule has 2 N–H and O–H groups in total. The second kappa shape index (κ2) is 9.05. The van der Waals surface area contributed by atoms with Gasteiger partial charge < -0.3 is 15.4 Å². The topological polar surface area (TPSA) is 87.7 Å². The minimum Gasteiger partial charge on any atom is -0.469 e. The van der Waals surface area contributed by atoms with E-state index < -0.39 is 11.9 Å². The lowest BCUT2D eigenvalue weighted by Gasteiger charge is -2.21. The van der Waals surface area contributed by atoms with Crippen LogP contribution in [0.15, 0.2) is 60.3 Å². The van der Waals surface area contributed by atoms with E-state index >= 15 is 0 Å². The Labute approximate surface area is 169 Å². The van der Waals surface area contributed by atoms with Gasteiger partial charge in [-0.15, -0.1) is 0 Å². The van der Waals surface area contributed by atoms with Crippen molar-refractivity contribution in [1.29, 1.82) is 0 Å². The van der Waals surface area contributed by atoms with Crippen LogP contribution < -0.4 is 15.5 Å². The molecule has 0 saturated carbocycles. The summed E-state index contributed by atoms with van der Waals surface area (Å²) in [6.07, 6.45) is 2.17. The number of anilines is 3. The van der Waals surface area contributed by atoms with Crippen LogP contribution in [0.3, 0.4) is 0 Å². The van der Waals surface area contributed by atoms with Gasteiger partial charge in [0, 0.05) is 17.5 Å². The van der Waals surface area contributed by atoms with Crippen molar-refractivity contribution in [3.63, 3.8) is 0 Å². The molecule has 3 rings (SSSR count). The van der Waals surface area contributed by atoms with Crippen molar-refractivity contribution in [2.24, 2.45) is 0 Å². The number of benzene rings is 2. The number of hydrogen-bond donors (Lipinski definition) is 2. The number of amides is 2. The first-order valence-electron chi connectivity index (χ1n) is 9.34. The van der Waals surface area contributed by atoms with Crippen LogP contribution >= 0.6 is 0 Å². The van der Waals surface area contributed by atoms with E-state index in [1.165, 1.54) is 23.6 Å². The lowest BCUT2D eigenvalue weighted by atomic mass is 10.1. The van der Waals surface area contributed by atoms with Gasteiger partial charge in [0.15, 0.2) is 0 Å². The van der Waals surface area contributed by atoms with Crippen molar-refractivity contribution in [3.8, 4) is 0 Å². The Balaban J connectivity index is 1.80. The third kappa shape index (κ3) is 5.01. The number of nitrogens with zero attached hydrogens (tertiary/aromatic N) is 1. The maximum Gasteiger partial charge on any atom is 0.311 e. The van der Waals surface area contributed by atoms with E-state index in [9.17, 15) is 14.4 Å². The van der Waals surface area contributed by atoms with Gasteiger partial charge in [-0.3, -0.25) is 19.3 Å². The fourth-order valence-electron chi connectivity index (χ4n) is 3.02. The number of esters is 1. The smallest absolute Gasteiger partial charge is 0.311 e. The van der Waals surface area contributed by atoms with Crippen LogP contribution in [0, 0.1) is 0 Å². The Kier molecular flexibility index (Phi) is 6.29. The monoisotopic (exact) mass is 393 g/mol. The summed E-state index contributed by atoms with van der Waals surface area (Å²) in [4.78, 5) is 38.4. The molecule has 7 nitrogen and oxygen atoms in total. The van der Waals surface area contributed by atoms with Crippen molar-refractivity contribution < 1.29 is 19.1 Å². The number of methoxy groups -OCH3 is 1. The van der Waals surface area contributed by atoms with Gasteiger partial charge in [-0.1, -0.05) is 31.2 Å². The normalized spacial score (nSPS) is 13.0. The number of hydrogen-bond acceptors (Lipinski definition) is 5. The Bertz CT molecular complexity index is 951. The number of ether oxygens (including phenoxy) is 1. The van der Waals surface area contributed by atoms with Gasteiger partial charge in [-0.25, -0.2) is 0 Å². The number of para-hydroxylation sites is 2. The highest BCUT2D eigenvalue weighted by Crippen LogP contribution is 2.30. The number of aryl methyl sites for hydroxylation is 1. The summed E-state index contributed by atoms with van der Waals surface area (Å²) in [6, 6.07) is 14.7. The van der Waals surface area contributed by atoms with Crippen molar-refractivity contribution in [1.82, 2.24) is 0 Å². The molecule has 0 saturated heterocycles. The molecule has 2 aromatic carbocycles. The minimum atomic E-state index is -0.462. The molecule has 150 valence electrons. The van der Waals surface area contributed by atoms with E-state index in [2.05, 4.69) is 22.3 Å². The zero-order valence-electron chi connectivity index (χ0n) is 16.4. The van der Waals surface area contributed by atoms with Crippen molar-refractivity contribution in [3.05, 3.63) is 65.9 Å². The highest BCUT2D eigenvalue weighted by molar-refractivity contribution is 6.10. The summed E-state index contributed by atoms with van der Waals surface area (Å²) in [7, 11) is 1.29. The average molecular weight is 393 g/mol. The maximum absolute atomic E-state index is 12.8. The molecule has 0 aromatic heterocycles. The Morgan fingerprint density at radius 1 is 1.10 bits per heavy atom. The molecule has 7 heteroatoms. The summed E-state index contributed by atoms with van der Waals surface area (Å²) < 4.78 is 4.68. The number of nitrogens with one attached hydrogen (secondary N) is 2. The van der Waals surface area contributed by atoms with Crippen LogP contribution in [0.25, 0.3) is 0 Å². The van der Waals surface area contributed by atoms with Gasteiger partial charge in [-0.05, 0) is 36.2 Å². The predicted octanol–water partition coefficient (Wildman–Crippen LogP) is 3.09. The molecule has 0 atom stereocenters. The van der Waals surface area contributed by atoms with Crippen LogP contribution in [0.5, 0.6) is 0 Å². The minimum absolute atomic E-state index is 0.0691. The number of carbonyl (C=O) groups excluding carboxylic acids is 3. The first kappa shape index (κ1) is 20.1. The van der Waals surface area contributed by atoms with Gasteiger partial charge in [0.05, 0.1) is 24.9 Å². The molecular weight excluding hydrogens is 370 g/mol. The van der Waals surface area contributed by atoms with Crippen molar-refractivity contribution in [2.45, 2.75) is 19.8 Å². The van der Waals surface area contributed by atoms with E-state index in [1.807, 2.05) is 30.3 Å². The number of rotatable bonds is 6. The average Bonchev–Trinajstić information content (AvgIpc) is 2.84. The van der Waals surface area contributed by atoms with E-state index in [4.69, 9.17) is 0 Å². The molecule has 29 heavy (non-hydrogen) atoms. The molecule has 0 aliphatic carbocycles. The van der Waals surface area contributed by atoms with Gasteiger partial charge in [0.2, 0.25) is 5.91 Å². The molecule has 2 aromatic rings. The van der Waals surface area contributed by atoms with E-state index in [1.54, 1.807) is 18.2 Å². The Hall–Kier alpha value is -3.61. The molecule has 0 unspecified atom stereocenters. The largest absolute Gasteiger partial charge is 0.469 e. The van der Waals surface area contributed by atoms with Crippen LogP contribution in [-0.4, -0.2) is 31.4 Å². The predicted molar refractivity (Wildman–Crippen MR) is 112 cm³/mol. The van der Waals surface area contributed by atoms with Gasteiger partial charge in [0.25, 0.3) is 5.91 Å². The summed E-state index contributed by atoms with van der Waals surface area (Å²) in [5, 5.41) is 5.90. The number of fused-ring (bicyclic) bond motifs is 1. The molecule has 2 amide bonds. The first-order chi connectivity index (χ1) is 14.0. The lowest BCUT2D eigenvalue weighted by molar-refractivity contribution is -0.139. The van der Waals surface area contributed by atoms with Gasteiger partial charge in [0.1, 0.15) is 6.54 Å². The number of carbonyl (C=O) groups is 3. The van der Waals surface area contributed by atoms with Crippen molar-refractivity contribution in [2.75, 3.05) is 29.2 Å². The molecule has 0 fully saturated rings. The standard InChI is InChI=1S/C22H23N3O4/c1-3-15-8-10-16(11-9-15)24-20(26)14-25-19-7-5-4-6-18(19)23-17(12-21(25)27)13-22(28)29-2/h4-12,23H,3,13-14H2,1-2H3,(H,24,26). The molecule has 1 heterocycles.